The Morgan fingerprint density at radius 1 is 1.22 bits per heavy atom. The monoisotopic (exact) mass is 245 g/mol. The summed E-state index contributed by atoms with van der Waals surface area (Å²) in [6, 6.07) is 8.07. The van der Waals surface area contributed by atoms with Gasteiger partial charge in [-0.15, -0.1) is 0 Å². The minimum atomic E-state index is 0.122. The average molecular weight is 245 g/mol. The van der Waals surface area contributed by atoms with E-state index in [0.29, 0.717) is 24.2 Å². The van der Waals surface area contributed by atoms with Crippen molar-refractivity contribution >= 4 is 0 Å². The van der Waals surface area contributed by atoms with E-state index in [1.807, 2.05) is 24.3 Å². The van der Waals surface area contributed by atoms with Crippen molar-refractivity contribution in [1.29, 1.82) is 0 Å². The SMILES string of the molecule is Cc1ccc(-c2noc(C(CN)C(C)C)n2)cc1. The van der Waals surface area contributed by atoms with E-state index in [1.54, 1.807) is 0 Å². The molecule has 0 spiro atoms. The second-order valence-electron chi connectivity index (χ2n) is 4.91. The van der Waals surface area contributed by atoms with E-state index in [2.05, 4.69) is 30.9 Å². The van der Waals surface area contributed by atoms with Crippen LogP contribution in [0.3, 0.4) is 0 Å². The van der Waals surface area contributed by atoms with Crippen molar-refractivity contribution in [3.63, 3.8) is 0 Å². The maximum atomic E-state index is 5.75. The van der Waals surface area contributed by atoms with E-state index in [4.69, 9.17) is 10.3 Å². The highest BCUT2D eigenvalue weighted by molar-refractivity contribution is 5.54. The van der Waals surface area contributed by atoms with E-state index in [9.17, 15) is 0 Å². The number of hydrogen-bond donors (Lipinski definition) is 1. The largest absolute Gasteiger partial charge is 0.339 e. The molecule has 2 aromatic rings. The third kappa shape index (κ3) is 2.59. The lowest BCUT2D eigenvalue weighted by atomic mass is 9.96. The molecule has 1 atom stereocenters. The van der Waals surface area contributed by atoms with Crippen molar-refractivity contribution in [3.8, 4) is 11.4 Å². The Morgan fingerprint density at radius 3 is 2.44 bits per heavy atom. The molecule has 1 heterocycles. The second kappa shape index (κ2) is 5.31. The molecule has 1 aromatic heterocycles. The Morgan fingerprint density at radius 2 is 1.89 bits per heavy atom. The summed E-state index contributed by atoms with van der Waals surface area (Å²) in [5, 5.41) is 4.03. The van der Waals surface area contributed by atoms with Crippen LogP contribution in [0.15, 0.2) is 28.8 Å². The van der Waals surface area contributed by atoms with Crippen LogP contribution in [-0.2, 0) is 0 Å². The quantitative estimate of drug-likeness (QED) is 0.899. The highest BCUT2D eigenvalue weighted by Crippen LogP contribution is 2.24. The number of hydrogen-bond acceptors (Lipinski definition) is 4. The summed E-state index contributed by atoms with van der Waals surface area (Å²) >= 11 is 0. The third-order valence-corrected chi connectivity index (χ3v) is 3.13. The predicted molar refractivity (Wildman–Crippen MR) is 71.1 cm³/mol. The van der Waals surface area contributed by atoms with Gasteiger partial charge >= 0.3 is 0 Å². The third-order valence-electron chi connectivity index (χ3n) is 3.13. The molecule has 2 rings (SSSR count). The zero-order valence-corrected chi connectivity index (χ0v) is 11.1. The van der Waals surface area contributed by atoms with Crippen molar-refractivity contribution in [3.05, 3.63) is 35.7 Å². The van der Waals surface area contributed by atoms with Gasteiger partial charge in [-0.3, -0.25) is 0 Å². The van der Waals surface area contributed by atoms with Crippen molar-refractivity contribution in [1.82, 2.24) is 10.1 Å². The number of benzene rings is 1. The zero-order valence-electron chi connectivity index (χ0n) is 11.1. The standard InChI is InChI=1S/C14H19N3O/c1-9(2)12(8-15)14-16-13(17-18-14)11-6-4-10(3)5-7-11/h4-7,9,12H,8,15H2,1-3H3. The number of aromatic nitrogens is 2. The van der Waals surface area contributed by atoms with Gasteiger partial charge in [0.15, 0.2) is 0 Å². The summed E-state index contributed by atoms with van der Waals surface area (Å²) in [6.07, 6.45) is 0. The number of nitrogens with two attached hydrogens (primary N) is 1. The van der Waals surface area contributed by atoms with Gasteiger partial charge in [0.2, 0.25) is 11.7 Å². The van der Waals surface area contributed by atoms with E-state index in [1.165, 1.54) is 5.56 Å². The molecule has 4 nitrogen and oxygen atoms in total. The van der Waals surface area contributed by atoms with E-state index >= 15 is 0 Å². The van der Waals surface area contributed by atoms with E-state index < -0.39 is 0 Å². The molecule has 0 fully saturated rings. The molecule has 0 bridgehead atoms. The van der Waals surface area contributed by atoms with Crippen molar-refractivity contribution in [2.45, 2.75) is 26.7 Å². The summed E-state index contributed by atoms with van der Waals surface area (Å²) in [6.45, 7) is 6.78. The lowest BCUT2D eigenvalue weighted by Crippen LogP contribution is -2.18. The Labute approximate surface area is 107 Å². The smallest absolute Gasteiger partial charge is 0.231 e. The number of rotatable bonds is 4. The fourth-order valence-corrected chi connectivity index (χ4v) is 1.86. The fraction of sp³-hybridized carbons (Fsp3) is 0.429. The van der Waals surface area contributed by atoms with Gasteiger partial charge < -0.3 is 10.3 Å². The van der Waals surface area contributed by atoms with Crippen molar-refractivity contribution in [2.24, 2.45) is 11.7 Å². The van der Waals surface area contributed by atoms with Crippen molar-refractivity contribution in [2.75, 3.05) is 6.54 Å². The Kier molecular flexibility index (Phi) is 3.77. The first-order chi connectivity index (χ1) is 8.61. The summed E-state index contributed by atoms with van der Waals surface area (Å²) < 4.78 is 5.32. The van der Waals surface area contributed by atoms with E-state index in [-0.39, 0.29) is 5.92 Å². The maximum absolute atomic E-state index is 5.75. The maximum Gasteiger partial charge on any atom is 0.231 e. The minimum absolute atomic E-state index is 0.122. The fourth-order valence-electron chi connectivity index (χ4n) is 1.86. The summed E-state index contributed by atoms with van der Waals surface area (Å²) in [7, 11) is 0. The van der Waals surface area contributed by atoms with Gasteiger partial charge in [-0.05, 0) is 12.8 Å². The molecule has 96 valence electrons. The molecule has 1 unspecified atom stereocenters. The second-order valence-corrected chi connectivity index (χ2v) is 4.91. The molecule has 1 aromatic carbocycles. The molecule has 0 radical (unpaired) electrons. The molecule has 0 amide bonds. The van der Waals surface area contributed by atoms with Crippen LogP contribution >= 0.6 is 0 Å². The average Bonchev–Trinajstić information content (AvgIpc) is 2.80. The highest BCUT2D eigenvalue weighted by Gasteiger charge is 2.21. The van der Waals surface area contributed by atoms with Crippen LogP contribution in [-0.4, -0.2) is 16.7 Å². The Bertz CT molecular complexity index is 502. The van der Waals surface area contributed by atoms with Crippen LogP contribution in [0.1, 0.15) is 31.2 Å². The molecule has 0 saturated carbocycles. The molecular formula is C14H19N3O. The normalized spacial score (nSPS) is 12.9. The molecule has 0 saturated heterocycles. The van der Waals surface area contributed by atoms with Crippen molar-refractivity contribution < 1.29 is 4.52 Å². The lowest BCUT2D eigenvalue weighted by molar-refractivity contribution is 0.324. The molecule has 0 aliphatic rings. The van der Waals surface area contributed by atoms with E-state index in [0.717, 1.165) is 5.56 Å². The first-order valence-corrected chi connectivity index (χ1v) is 6.22. The van der Waals surface area contributed by atoms with Gasteiger partial charge in [0.25, 0.3) is 0 Å². The molecule has 0 aliphatic heterocycles. The van der Waals surface area contributed by atoms with Crippen LogP contribution < -0.4 is 5.73 Å². The number of nitrogens with zero attached hydrogens (tertiary/aromatic N) is 2. The Hall–Kier alpha value is -1.68. The first kappa shape index (κ1) is 12.8. The molecule has 18 heavy (non-hydrogen) atoms. The predicted octanol–water partition coefficient (Wildman–Crippen LogP) is 2.74. The first-order valence-electron chi connectivity index (χ1n) is 6.22. The molecule has 2 N–H and O–H groups in total. The van der Waals surface area contributed by atoms with Crippen LogP contribution in [0.5, 0.6) is 0 Å². The molecule has 0 aliphatic carbocycles. The van der Waals surface area contributed by atoms with Gasteiger partial charge in [0.05, 0.1) is 5.92 Å². The number of aryl methyl sites for hydroxylation is 1. The Balaban J connectivity index is 2.27. The van der Waals surface area contributed by atoms with Gasteiger partial charge in [0.1, 0.15) is 0 Å². The molecule has 4 heteroatoms. The van der Waals surface area contributed by atoms with Crippen LogP contribution in [0, 0.1) is 12.8 Å². The topological polar surface area (TPSA) is 64.9 Å². The van der Waals surface area contributed by atoms with Gasteiger partial charge in [-0.2, -0.15) is 4.98 Å². The summed E-state index contributed by atoms with van der Waals surface area (Å²) in [4.78, 5) is 4.44. The molecular weight excluding hydrogens is 226 g/mol. The minimum Gasteiger partial charge on any atom is -0.339 e. The van der Waals surface area contributed by atoms with Gasteiger partial charge in [0, 0.05) is 12.1 Å². The zero-order chi connectivity index (χ0) is 13.1. The van der Waals surface area contributed by atoms with Crippen LogP contribution in [0.25, 0.3) is 11.4 Å². The summed E-state index contributed by atoms with van der Waals surface area (Å²) in [5.74, 6) is 1.77. The van der Waals surface area contributed by atoms with Gasteiger partial charge in [-0.25, -0.2) is 0 Å². The van der Waals surface area contributed by atoms with Crippen LogP contribution in [0.4, 0.5) is 0 Å². The van der Waals surface area contributed by atoms with Crippen LogP contribution in [0.2, 0.25) is 0 Å². The summed E-state index contributed by atoms with van der Waals surface area (Å²) in [5.41, 5.74) is 7.93. The lowest BCUT2D eigenvalue weighted by Gasteiger charge is -2.13. The van der Waals surface area contributed by atoms with Gasteiger partial charge in [-0.1, -0.05) is 48.8 Å². The highest BCUT2D eigenvalue weighted by atomic mass is 16.5.